The summed E-state index contributed by atoms with van der Waals surface area (Å²) >= 11 is 6.61. The summed E-state index contributed by atoms with van der Waals surface area (Å²) in [7, 11) is 3.38. The number of carbonyl (C=O) groups is 1. The average Bonchev–Trinajstić information content (AvgIpc) is 3.25. The SMILES string of the molecule is COc1c(C(=O)N[C@H]2CCCC[C@@H]2O)cc(Cc2ccc(-c3ccn(C)n3)nc2)c(C)c1Cl. The Morgan fingerprint density at radius 2 is 2.06 bits per heavy atom. The Labute approximate surface area is 198 Å². The van der Waals surface area contributed by atoms with Gasteiger partial charge in [-0.1, -0.05) is 30.5 Å². The van der Waals surface area contributed by atoms with E-state index in [4.69, 9.17) is 16.3 Å². The van der Waals surface area contributed by atoms with Crippen LogP contribution in [0.3, 0.4) is 0 Å². The lowest BCUT2D eigenvalue weighted by molar-refractivity contribution is 0.0715. The number of hydrogen-bond acceptors (Lipinski definition) is 5. The summed E-state index contributed by atoms with van der Waals surface area (Å²) in [6, 6.07) is 7.44. The molecule has 8 heteroatoms. The molecule has 0 saturated heterocycles. The van der Waals surface area contributed by atoms with Crippen LogP contribution in [-0.4, -0.2) is 45.0 Å². The van der Waals surface area contributed by atoms with Gasteiger partial charge in [0.25, 0.3) is 5.91 Å². The highest BCUT2D eigenvalue weighted by atomic mass is 35.5. The number of aryl methyl sites for hydroxylation is 1. The fourth-order valence-electron chi connectivity index (χ4n) is 4.31. The maximum absolute atomic E-state index is 13.1. The molecule has 1 saturated carbocycles. The molecular weight excluding hydrogens is 440 g/mol. The Morgan fingerprint density at radius 1 is 1.27 bits per heavy atom. The number of pyridine rings is 1. The van der Waals surface area contributed by atoms with Crippen LogP contribution < -0.4 is 10.1 Å². The minimum absolute atomic E-state index is 0.261. The molecule has 174 valence electrons. The van der Waals surface area contributed by atoms with E-state index >= 15 is 0 Å². The van der Waals surface area contributed by atoms with Crippen molar-refractivity contribution in [3.8, 4) is 17.1 Å². The van der Waals surface area contributed by atoms with E-state index in [1.165, 1.54) is 7.11 Å². The number of amides is 1. The molecule has 0 bridgehead atoms. The van der Waals surface area contributed by atoms with Gasteiger partial charge in [0.1, 0.15) is 11.4 Å². The summed E-state index contributed by atoms with van der Waals surface area (Å²) in [5, 5.41) is 18.0. The fourth-order valence-corrected chi connectivity index (χ4v) is 4.61. The van der Waals surface area contributed by atoms with Crippen LogP contribution >= 0.6 is 11.6 Å². The Hall–Kier alpha value is -2.90. The number of aliphatic hydroxyl groups is 1. The number of ether oxygens (including phenoxy) is 1. The monoisotopic (exact) mass is 468 g/mol. The molecule has 2 aromatic heterocycles. The van der Waals surface area contributed by atoms with E-state index in [1.807, 2.05) is 50.6 Å². The first kappa shape index (κ1) is 23.3. The van der Waals surface area contributed by atoms with Crippen molar-refractivity contribution < 1.29 is 14.6 Å². The first-order valence-electron chi connectivity index (χ1n) is 11.2. The normalized spacial score (nSPS) is 18.2. The summed E-state index contributed by atoms with van der Waals surface area (Å²) in [6.07, 6.45) is 7.16. The van der Waals surface area contributed by atoms with Crippen LogP contribution in [0.5, 0.6) is 5.75 Å². The van der Waals surface area contributed by atoms with Crippen LogP contribution in [0.4, 0.5) is 0 Å². The zero-order valence-electron chi connectivity index (χ0n) is 19.1. The van der Waals surface area contributed by atoms with E-state index in [1.54, 1.807) is 4.68 Å². The number of aromatic nitrogens is 3. The molecule has 2 heterocycles. The number of hydrogen-bond donors (Lipinski definition) is 2. The topological polar surface area (TPSA) is 89.3 Å². The molecular formula is C25H29ClN4O3. The third-order valence-corrected chi connectivity index (χ3v) is 6.72. The van der Waals surface area contributed by atoms with Crippen LogP contribution in [-0.2, 0) is 13.5 Å². The van der Waals surface area contributed by atoms with Crippen molar-refractivity contribution in [2.75, 3.05) is 7.11 Å². The van der Waals surface area contributed by atoms with Crippen LogP contribution in [0.1, 0.15) is 52.7 Å². The summed E-state index contributed by atoms with van der Waals surface area (Å²) in [6.45, 7) is 1.92. The standard InChI is InChI=1S/C25H29ClN4O3/c1-15-17(12-16-8-9-19(27-14-16)20-10-11-30(2)29-20)13-18(24(33-3)23(15)26)25(32)28-21-6-4-5-7-22(21)31/h8-11,13-14,21-22,31H,4-7,12H2,1-3H3,(H,28,32)/t21-,22-/m0/s1. The molecule has 0 aliphatic heterocycles. The molecule has 7 nitrogen and oxygen atoms in total. The number of nitrogens with one attached hydrogen (secondary N) is 1. The second kappa shape index (κ2) is 9.93. The molecule has 2 N–H and O–H groups in total. The minimum Gasteiger partial charge on any atom is -0.494 e. The number of benzene rings is 1. The smallest absolute Gasteiger partial charge is 0.255 e. The van der Waals surface area contributed by atoms with E-state index in [2.05, 4.69) is 15.4 Å². The lowest BCUT2D eigenvalue weighted by Gasteiger charge is -2.28. The van der Waals surface area contributed by atoms with Gasteiger partial charge in [0.15, 0.2) is 0 Å². The average molecular weight is 469 g/mol. The van der Waals surface area contributed by atoms with E-state index in [9.17, 15) is 9.90 Å². The second-order valence-corrected chi connectivity index (χ2v) is 8.97. The summed E-state index contributed by atoms with van der Waals surface area (Å²) in [5.74, 6) is 0.0638. The number of methoxy groups -OCH3 is 1. The van der Waals surface area contributed by atoms with Crippen molar-refractivity contribution in [3.05, 3.63) is 63.9 Å². The van der Waals surface area contributed by atoms with Crippen LogP contribution in [0, 0.1) is 6.92 Å². The van der Waals surface area contributed by atoms with Gasteiger partial charge in [-0.05, 0) is 61.1 Å². The maximum atomic E-state index is 13.1. The summed E-state index contributed by atoms with van der Waals surface area (Å²) in [4.78, 5) is 17.7. The Morgan fingerprint density at radius 3 is 2.70 bits per heavy atom. The van der Waals surface area contributed by atoms with Crippen molar-refractivity contribution in [2.45, 2.75) is 51.2 Å². The number of nitrogens with zero attached hydrogens (tertiary/aromatic N) is 3. The van der Waals surface area contributed by atoms with E-state index in [-0.39, 0.29) is 11.9 Å². The van der Waals surface area contributed by atoms with Crippen LogP contribution in [0.25, 0.3) is 11.4 Å². The van der Waals surface area contributed by atoms with Gasteiger partial charge in [-0.25, -0.2) is 0 Å². The predicted octanol–water partition coefficient (Wildman–Crippen LogP) is 4.08. The lowest BCUT2D eigenvalue weighted by atomic mass is 9.92. The predicted molar refractivity (Wildman–Crippen MR) is 128 cm³/mol. The Bertz CT molecular complexity index is 1140. The van der Waals surface area contributed by atoms with Gasteiger partial charge in [-0.15, -0.1) is 0 Å². The molecule has 3 aromatic rings. The number of aliphatic hydroxyl groups excluding tert-OH is 1. The minimum atomic E-state index is -0.530. The Kier molecular flexibility index (Phi) is 7.00. The zero-order valence-corrected chi connectivity index (χ0v) is 19.9. The number of halogens is 1. The third kappa shape index (κ3) is 5.04. The van der Waals surface area contributed by atoms with Gasteiger partial charge < -0.3 is 15.2 Å². The van der Waals surface area contributed by atoms with Gasteiger partial charge in [-0.3, -0.25) is 14.5 Å². The molecule has 2 atom stereocenters. The first-order valence-corrected chi connectivity index (χ1v) is 11.5. The quantitative estimate of drug-likeness (QED) is 0.569. The lowest BCUT2D eigenvalue weighted by Crippen LogP contribution is -2.45. The highest BCUT2D eigenvalue weighted by Gasteiger charge is 2.27. The third-order valence-electron chi connectivity index (χ3n) is 6.26. The van der Waals surface area contributed by atoms with Crippen molar-refractivity contribution in [3.63, 3.8) is 0 Å². The fraction of sp³-hybridized carbons (Fsp3) is 0.400. The molecule has 1 fully saturated rings. The van der Waals surface area contributed by atoms with Crippen LogP contribution in [0.2, 0.25) is 5.02 Å². The largest absolute Gasteiger partial charge is 0.494 e. The highest BCUT2D eigenvalue weighted by Crippen LogP contribution is 2.35. The molecule has 1 aromatic carbocycles. The first-order chi connectivity index (χ1) is 15.9. The molecule has 1 aliphatic carbocycles. The van der Waals surface area contributed by atoms with Crippen molar-refractivity contribution in [2.24, 2.45) is 7.05 Å². The van der Waals surface area contributed by atoms with E-state index in [0.29, 0.717) is 29.2 Å². The summed E-state index contributed by atoms with van der Waals surface area (Å²) < 4.78 is 7.23. The molecule has 1 amide bonds. The van der Waals surface area contributed by atoms with Gasteiger partial charge in [0.05, 0.1) is 35.5 Å². The molecule has 0 unspecified atom stereocenters. The van der Waals surface area contributed by atoms with Crippen molar-refractivity contribution in [1.29, 1.82) is 0 Å². The zero-order chi connectivity index (χ0) is 23.5. The van der Waals surface area contributed by atoms with Gasteiger partial charge in [-0.2, -0.15) is 5.10 Å². The van der Waals surface area contributed by atoms with E-state index < -0.39 is 6.10 Å². The van der Waals surface area contributed by atoms with Crippen molar-refractivity contribution >= 4 is 17.5 Å². The molecule has 0 spiro atoms. The van der Waals surface area contributed by atoms with Crippen LogP contribution in [0.15, 0.2) is 36.7 Å². The molecule has 0 radical (unpaired) electrons. The number of carbonyl (C=O) groups excluding carboxylic acids is 1. The molecule has 1 aliphatic rings. The molecule has 4 rings (SSSR count). The Balaban J connectivity index is 1.59. The van der Waals surface area contributed by atoms with Gasteiger partial charge >= 0.3 is 0 Å². The van der Waals surface area contributed by atoms with Crippen molar-refractivity contribution in [1.82, 2.24) is 20.1 Å². The van der Waals surface area contributed by atoms with Gasteiger partial charge in [0.2, 0.25) is 0 Å². The molecule has 33 heavy (non-hydrogen) atoms. The number of rotatable bonds is 6. The van der Waals surface area contributed by atoms with E-state index in [0.717, 1.165) is 47.3 Å². The highest BCUT2D eigenvalue weighted by molar-refractivity contribution is 6.33. The summed E-state index contributed by atoms with van der Waals surface area (Å²) in [5.41, 5.74) is 4.76. The van der Waals surface area contributed by atoms with Gasteiger partial charge in [0, 0.05) is 19.4 Å². The maximum Gasteiger partial charge on any atom is 0.255 e. The second-order valence-electron chi connectivity index (χ2n) is 8.59.